The second-order valence-electron chi connectivity index (χ2n) is 6.92. The zero-order valence-corrected chi connectivity index (χ0v) is 18.9. The molecule has 0 saturated heterocycles. The van der Waals surface area contributed by atoms with Crippen molar-refractivity contribution in [3.05, 3.63) is 60.8 Å². The second-order valence-corrected chi connectivity index (χ2v) is 10.4. The summed E-state index contributed by atoms with van der Waals surface area (Å²) in [5.74, 6) is -0.233. The first-order chi connectivity index (χ1) is 14.2. The van der Waals surface area contributed by atoms with Gasteiger partial charge in [0.25, 0.3) is 0 Å². The molecule has 7 nitrogen and oxygen atoms in total. The van der Waals surface area contributed by atoms with E-state index in [1.54, 1.807) is 25.3 Å². The van der Waals surface area contributed by atoms with Crippen molar-refractivity contribution >= 4 is 33.4 Å². The van der Waals surface area contributed by atoms with Crippen LogP contribution in [0.4, 0.5) is 5.69 Å². The number of anilines is 1. The largest absolute Gasteiger partial charge is 0.325 e. The highest BCUT2D eigenvalue weighted by Gasteiger charge is 2.21. The Morgan fingerprint density at radius 3 is 2.50 bits per heavy atom. The summed E-state index contributed by atoms with van der Waals surface area (Å²) in [5.41, 5.74) is 2.45. The minimum Gasteiger partial charge on any atom is -0.325 e. The van der Waals surface area contributed by atoms with Gasteiger partial charge in [-0.2, -0.15) is 0 Å². The minimum atomic E-state index is -3.57. The van der Waals surface area contributed by atoms with Crippen molar-refractivity contribution in [1.82, 2.24) is 13.9 Å². The summed E-state index contributed by atoms with van der Waals surface area (Å²) in [6, 6.07) is 16.1. The molecule has 1 heterocycles. The van der Waals surface area contributed by atoms with E-state index in [-0.39, 0.29) is 10.8 Å². The van der Waals surface area contributed by atoms with Crippen LogP contribution in [0.3, 0.4) is 0 Å². The van der Waals surface area contributed by atoms with E-state index < -0.39 is 15.3 Å². The molecule has 9 heteroatoms. The lowest BCUT2D eigenvalue weighted by atomic mass is 10.2. The number of carbonyl (C=O) groups excluding carboxylic acids is 1. The van der Waals surface area contributed by atoms with Crippen LogP contribution in [0.1, 0.15) is 6.92 Å². The van der Waals surface area contributed by atoms with E-state index in [1.807, 2.05) is 41.9 Å². The van der Waals surface area contributed by atoms with Crippen molar-refractivity contribution in [2.24, 2.45) is 7.05 Å². The minimum absolute atomic E-state index is 0.127. The Morgan fingerprint density at radius 1 is 1.13 bits per heavy atom. The van der Waals surface area contributed by atoms with Crippen LogP contribution in [0, 0.1) is 0 Å². The van der Waals surface area contributed by atoms with Gasteiger partial charge in [0.05, 0.1) is 22.0 Å². The molecule has 0 spiro atoms. The summed E-state index contributed by atoms with van der Waals surface area (Å²) in [6.45, 7) is 1.79. The summed E-state index contributed by atoms with van der Waals surface area (Å²) in [5, 5.41) is 3.09. The smallest absolute Gasteiger partial charge is 0.242 e. The third kappa shape index (κ3) is 4.75. The van der Waals surface area contributed by atoms with Crippen molar-refractivity contribution < 1.29 is 13.2 Å². The van der Waals surface area contributed by atoms with E-state index in [9.17, 15) is 13.2 Å². The molecule has 0 unspecified atom stereocenters. The normalized spacial score (nSPS) is 12.7. The summed E-state index contributed by atoms with van der Waals surface area (Å²) < 4.78 is 27.7. The Kier molecular flexibility index (Phi) is 6.64. The first-order valence-corrected chi connectivity index (χ1v) is 11.6. The van der Waals surface area contributed by atoms with Gasteiger partial charge in [-0.3, -0.25) is 4.79 Å². The van der Waals surface area contributed by atoms with Gasteiger partial charge >= 0.3 is 0 Å². The Labute approximate surface area is 181 Å². The molecular formula is C21H24N4O3S2. The Hall–Kier alpha value is -2.62. The van der Waals surface area contributed by atoms with Crippen molar-refractivity contribution in [2.45, 2.75) is 22.2 Å². The molecule has 0 bridgehead atoms. The molecular weight excluding hydrogens is 420 g/mol. The standard InChI is InChI=1S/C21H24N4O3S2/c1-15(29-21-22-14-19(25(21)4)16-9-6-5-7-10-16)20(26)23-17-11-8-12-18(13-17)30(27,28)24(2)3/h5-15H,1-4H3,(H,23,26)/t15-/m1/s1. The molecule has 0 aliphatic carbocycles. The molecule has 30 heavy (non-hydrogen) atoms. The first-order valence-electron chi connectivity index (χ1n) is 9.27. The van der Waals surface area contributed by atoms with Gasteiger partial charge in [0, 0.05) is 26.8 Å². The van der Waals surface area contributed by atoms with Crippen molar-refractivity contribution in [3.63, 3.8) is 0 Å². The third-order valence-electron chi connectivity index (χ3n) is 4.55. The highest BCUT2D eigenvalue weighted by Crippen LogP contribution is 2.28. The zero-order valence-electron chi connectivity index (χ0n) is 17.2. The predicted molar refractivity (Wildman–Crippen MR) is 120 cm³/mol. The molecule has 1 atom stereocenters. The lowest BCUT2D eigenvalue weighted by Crippen LogP contribution is -2.24. The molecule has 0 radical (unpaired) electrons. The molecule has 0 aliphatic heterocycles. The number of nitrogens with zero attached hydrogens (tertiary/aromatic N) is 3. The quantitative estimate of drug-likeness (QED) is 0.564. The van der Waals surface area contributed by atoms with Crippen LogP contribution in [0.25, 0.3) is 11.3 Å². The number of hydrogen-bond donors (Lipinski definition) is 1. The average molecular weight is 445 g/mol. The van der Waals surface area contributed by atoms with E-state index >= 15 is 0 Å². The predicted octanol–water partition coefficient (Wildman–Crippen LogP) is 3.46. The van der Waals surface area contributed by atoms with Crippen LogP contribution in [-0.4, -0.2) is 47.5 Å². The number of sulfonamides is 1. The van der Waals surface area contributed by atoms with E-state index in [1.165, 1.54) is 38.0 Å². The van der Waals surface area contributed by atoms with Gasteiger partial charge < -0.3 is 9.88 Å². The second kappa shape index (κ2) is 9.03. The number of amides is 1. The van der Waals surface area contributed by atoms with Gasteiger partial charge in [0.1, 0.15) is 0 Å². The Bertz CT molecular complexity index is 1140. The topological polar surface area (TPSA) is 84.3 Å². The maximum absolute atomic E-state index is 12.7. The third-order valence-corrected chi connectivity index (χ3v) is 7.52. The molecule has 1 N–H and O–H groups in total. The average Bonchev–Trinajstić information content (AvgIpc) is 3.08. The highest BCUT2D eigenvalue weighted by molar-refractivity contribution is 8.00. The molecule has 0 aliphatic rings. The first kappa shape index (κ1) is 22.1. The lowest BCUT2D eigenvalue weighted by Gasteiger charge is -2.14. The molecule has 158 valence electrons. The molecule has 1 amide bonds. The van der Waals surface area contributed by atoms with Crippen LogP contribution in [-0.2, 0) is 21.9 Å². The molecule has 0 fully saturated rings. The summed E-state index contributed by atoms with van der Waals surface area (Å²) in [7, 11) is 1.28. The van der Waals surface area contributed by atoms with Gasteiger partial charge in [-0.25, -0.2) is 17.7 Å². The number of rotatable bonds is 7. The van der Waals surface area contributed by atoms with Crippen LogP contribution in [0.15, 0.2) is 70.8 Å². The van der Waals surface area contributed by atoms with E-state index in [2.05, 4.69) is 10.3 Å². The monoisotopic (exact) mass is 444 g/mol. The van der Waals surface area contributed by atoms with Crippen LogP contribution < -0.4 is 5.32 Å². The molecule has 2 aromatic carbocycles. The van der Waals surface area contributed by atoms with Crippen LogP contribution in [0.2, 0.25) is 0 Å². The van der Waals surface area contributed by atoms with Gasteiger partial charge in [0.2, 0.25) is 15.9 Å². The SMILES string of the molecule is C[C@@H](Sc1ncc(-c2ccccc2)n1C)C(=O)Nc1cccc(S(=O)(=O)N(C)C)c1. The number of aromatic nitrogens is 2. The Morgan fingerprint density at radius 2 is 1.83 bits per heavy atom. The van der Waals surface area contributed by atoms with E-state index in [4.69, 9.17) is 0 Å². The fraction of sp³-hybridized carbons (Fsp3) is 0.238. The van der Waals surface area contributed by atoms with Gasteiger partial charge in [-0.15, -0.1) is 0 Å². The van der Waals surface area contributed by atoms with Crippen molar-refractivity contribution in [1.29, 1.82) is 0 Å². The van der Waals surface area contributed by atoms with Gasteiger partial charge in [-0.1, -0.05) is 48.2 Å². The number of hydrogen-bond acceptors (Lipinski definition) is 5. The molecule has 1 aromatic heterocycles. The lowest BCUT2D eigenvalue weighted by molar-refractivity contribution is -0.115. The highest BCUT2D eigenvalue weighted by atomic mass is 32.2. The maximum Gasteiger partial charge on any atom is 0.242 e. The van der Waals surface area contributed by atoms with Crippen LogP contribution >= 0.6 is 11.8 Å². The number of carbonyl (C=O) groups is 1. The van der Waals surface area contributed by atoms with Crippen molar-refractivity contribution in [2.75, 3.05) is 19.4 Å². The van der Waals surface area contributed by atoms with Gasteiger partial charge in [-0.05, 0) is 30.7 Å². The van der Waals surface area contributed by atoms with E-state index in [0.717, 1.165) is 20.7 Å². The molecule has 3 rings (SSSR count). The summed E-state index contributed by atoms with van der Waals surface area (Å²) in [4.78, 5) is 17.2. The number of nitrogens with one attached hydrogen (secondary N) is 1. The van der Waals surface area contributed by atoms with Crippen LogP contribution in [0.5, 0.6) is 0 Å². The van der Waals surface area contributed by atoms with Crippen molar-refractivity contribution in [3.8, 4) is 11.3 Å². The summed E-state index contributed by atoms with van der Waals surface area (Å²) >= 11 is 1.34. The molecule has 0 saturated carbocycles. The Balaban J connectivity index is 1.71. The number of benzene rings is 2. The summed E-state index contributed by atoms with van der Waals surface area (Å²) in [6.07, 6.45) is 1.79. The number of thioether (sulfide) groups is 1. The zero-order chi connectivity index (χ0) is 21.9. The fourth-order valence-electron chi connectivity index (χ4n) is 2.78. The van der Waals surface area contributed by atoms with E-state index in [0.29, 0.717) is 5.69 Å². The maximum atomic E-state index is 12.7. The number of imidazole rings is 1. The molecule has 3 aromatic rings. The van der Waals surface area contributed by atoms with Gasteiger partial charge in [0.15, 0.2) is 5.16 Å². The fourth-order valence-corrected chi connectivity index (χ4v) is 4.58.